The third-order valence-corrected chi connectivity index (χ3v) is 15.2. The first-order chi connectivity index (χ1) is 37.4. The summed E-state index contributed by atoms with van der Waals surface area (Å²) in [4.78, 5) is 28.1. The molecule has 0 fully saturated rings. The number of hydrogen-bond donors (Lipinski definition) is 4. The summed E-state index contributed by atoms with van der Waals surface area (Å²) in [5.74, 6) is 0.862. The summed E-state index contributed by atoms with van der Waals surface area (Å²) in [6.07, 6.45) is 7.02. The molecule has 10 heteroatoms. The second-order valence-electron chi connectivity index (χ2n) is 23.4. The van der Waals surface area contributed by atoms with Crippen LogP contribution in [0.1, 0.15) is 110 Å². The van der Waals surface area contributed by atoms with Crippen LogP contribution in [0.2, 0.25) is 0 Å². The average Bonchev–Trinajstić information content (AvgIpc) is 4.02. The fourth-order valence-corrected chi connectivity index (χ4v) is 11.6. The normalized spacial score (nSPS) is 14.4. The summed E-state index contributed by atoms with van der Waals surface area (Å²) in [6.45, 7) is 17.3. The quantitative estimate of drug-likeness (QED) is 0.0391. The first-order valence-corrected chi connectivity index (χ1v) is 28.5. The van der Waals surface area contributed by atoms with Gasteiger partial charge in [-0.15, -0.1) is 0 Å². The van der Waals surface area contributed by atoms with Crippen LogP contribution < -0.4 is 10.6 Å². The van der Waals surface area contributed by atoms with Crippen molar-refractivity contribution in [3.05, 3.63) is 190 Å². The topological polar surface area (TPSA) is 124 Å². The highest BCUT2D eigenvalue weighted by Crippen LogP contribution is 2.34. The van der Waals surface area contributed by atoms with Crippen LogP contribution in [0.15, 0.2) is 146 Å². The molecule has 6 aromatic rings. The van der Waals surface area contributed by atoms with Crippen LogP contribution in [0, 0.1) is 11.8 Å². The van der Waals surface area contributed by atoms with E-state index in [1.54, 1.807) is 6.07 Å². The van der Waals surface area contributed by atoms with Crippen molar-refractivity contribution in [2.45, 2.75) is 129 Å². The number of carbonyl (C=O) groups excluding carboxylic acids is 2. The number of hydrogen-bond acceptors (Lipinski definition) is 10. The van der Waals surface area contributed by atoms with Crippen LogP contribution >= 0.6 is 0 Å². The number of aliphatic hydroxyl groups is 2. The zero-order valence-electron chi connectivity index (χ0n) is 47.9. The van der Waals surface area contributed by atoms with Gasteiger partial charge in [0.05, 0.1) is 31.0 Å². The highest BCUT2D eigenvalue weighted by Gasteiger charge is 2.30. The maximum absolute atomic E-state index is 12.1. The van der Waals surface area contributed by atoms with E-state index >= 15 is 0 Å². The van der Waals surface area contributed by atoms with Gasteiger partial charge in [-0.1, -0.05) is 121 Å². The van der Waals surface area contributed by atoms with Crippen LogP contribution in [-0.2, 0) is 59.5 Å². The van der Waals surface area contributed by atoms with E-state index in [0.29, 0.717) is 69.6 Å². The van der Waals surface area contributed by atoms with E-state index in [4.69, 9.17) is 9.47 Å². The molecule has 0 heterocycles. The molecular weight excluding hydrogens is 969 g/mol. The monoisotopic (exact) mass is 1060 g/mol. The van der Waals surface area contributed by atoms with E-state index < -0.39 is 12.2 Å². The predicted octanol–water partition coefficient (Wildman–Crippen LogP) is 11.3. The molecule has 6 aromatic carbocycles. The minimum atomic E-state index is -0.454. The van der Waals surface area contributed by atoms with Crippen molar-refractivity contribution < 1.29 is 29.3 Å². The van der Waals surface area contributed by atoms with Gasteiger partial charge in [0.1, 0.15) is 0 Å². The number of β-amino-alcohol motifs (C(OH)–C–C–N with tert-alkyl or cyclic N) is 2. The highest BCUT2D eigenvalue weighted by atomic mass is 16.5. The molecule has 2 atom stereocenters. The van der Waals surface area contributed by atoms with Crippen LogP contribution in [0.3, 0.4) is 0 Å². The molecule has 416 valence electrons. The maximum atomic E-state index is 12.1. The minimum Gasteiger partial charge on any atom is -0.466 e. The van der Waals surface area contributed by atoms with E-state index in [2.05, 4.69) is 170 Å². The molecule has 2 aliphatic carbocycles. The van der Waals surface area contributed by atoms with Crippen molar-refractivity contribution in [1.29, 1.82) is 0 Å². The average molecular weight is 1060 g/mol. The molecule has 0 saturated heterocycles. The number of nitrogens with one attached hydrogen (secondary N) is 2. The predicted molar refractivity (Wildman–Crippen MR) is 317 cm³/mol. The minimum absolute atomic E-state index is 0.0189. The Morgan fingerprint density at radius 3 is 1.41 bits per heavy atom. The summed E-state index contributed by atoms with van der Waals surface area (Å²) in [5.41, 5.74) is 14.4. The molecule has 2 aliphatic rings. The number of nitrogens with zero attached hydrogens (tertiary/aromatic N) is 2. The molecule has 4 N–H and O–H groups in total. The number of carbonyl (C=O) groups is 2. The molecule has 0 aliphatic heterocycles. The van der Waals surface area contributed by atoms with Crippen molar-refractivity contribution in [1.82, 2.24) is 20.4 Å². The Hall–Kier alpha value is -5.98. The van der Waals surface area contributed by atoms with Crippen molar-refractivity contribution in [3.63, 3.8) is 0 Å². The second kappa shape index (κ2) is 28.8. The molecular formula is C68H88N4O6. The van der Waals surface area contributed by atoms with Gasteiger partial charge < -0.3 is 30.3 Å². The Kier molecular flexibility index (Phi) is 22.0. The first-order valence-electron chi connectivity index (χ1n) is 28.5. The number of aliphatic hydroxyl groups excluding tert-OH is 2. The number of rotatable bonds is 26. The van der Waals surface area contributed by atoms with Gasteiger partial charge in [0.25, 0.3) is 0 Å². The van der Waals surface area contributed by atoms with Gasteiger partial charge in [0.2, 0.25) is 0 Å². The Morgan fingerprint density at radius 2 is 0.962 bits per heavy atom. The highest BCUT2D eigenvalue weighted by molar-refractivity contribution is 5.91. The lowest BCUT2D eigenvalue weighted by atomic mass is 9.88. The third kappa shape index (κ3) is 18.9. The zero-order chi connectivity index (χ0) is 55.7. The SMILES string of the molecule is CCOC(=O)CCc1ccc(-c2cccc(CN(C)C[C@H](O)CNC(C)(C)CC3Cc4ccccc4C3)c2)cc1.CCOC(=O)c1cccc(-c2cccc(CN(C)C[C@H](O)CNC(C)(C)CC3Cc4ccccc4C3)c2)c1. The number of likely N-dealkylation sites (N-methyl/N-ethyl adjacent to an activating group) is 2. The van der Waals surface area contributed by atoms with Crippen molar-refractivity contribution >= 4 is 11.9 Å². The molecule has 0 unspecified atom stereocenters. The van der Waals surface area contributed by atoms with Gasteiger partial charge in [0.15, 0.2) is 0 Å². The lowest BCUT2D eigenvalue weighted by molar-refractivity contribution is -0.143. The van der Waals surface area contributed by atoms with Crippen LogP contribution in [0.25, 0.3) is 22.3 Å². The van der Waals surface area contributed by atoms with Crippen LogP contribution in [-0.4, -0.2) is 109 Å². The number of fused-ring (bicyclic) bond motifs is 2. The van der Waals surface area contributed by atoms with Crippen molar-refractivity contribution in [2.75, 3.05) is 53.5 Å². The van der Waals surface area contributed by atoms with Gasteiger partial charge in [-0.05, 0) is 198 Å². The number of ether oxygens (including phenoxy) is 2. The number of esters is 2. The van der Waals surface area contributed by atoms with E-state index in [1.807, 2.05) is 45.2 Å². The van der Waals surface area contributed by atoms with Gasteiger partial charge in [0, 0.05) is 56.8 Å². The second-order valence-corrected chi connectivity index (χ2v) is 23.4. The largest absolute Gasteiger partial charge is 0.466 e. The lowest BCUT2D eigenvalue weighted by Gasteiger charge is -2.31. The summed E-state index contributed by atoms with van der Waals surface area (Å²) in [7, 11) is 4.10. The molecule has 0 spiro atoms. The fraction of sp³-hybridized carbons (Fsp3) is 0.441. The standard InChI is InChI=1S/C35H46N2O3.C33H42N2O3/c1-5-40-34(39)18-15-26-13-16-29(17-14-26)30-12-8-9-27(19-30)24-37(4)25-33(38)23-36-35(2,3)22-28-20-31-10-6-7-11-32(31)21-28;1-5-38-32(37)30-15-9-14-29(19-30)28-13-8-10-24(16-28)22-35(4)23-31(36)21-34-33(2,3)20-25-17-26-11-6-7-12-27(26)18-25/h6-14,16-17,19,28,33,36,38H,5,15,18,20-25H2,1-4H3;6-16,19,25,31,34,36H,5,17-18,20-23H2,1-4H3/t33-;31-/m11/s1. The molecule has 0 bridgehead atoms. The zero-order valence-corrected chi connectivity index (χ0v) is 47.9. The molecule has 10 nitrogen and oxygen atoms in total. The molecule has 8 rings (SSSR count). The molecule has 78 heavy (non-hydrogen) atoms. The summed E-state index contributed by atoms with van der Waals surface area (Å²) >= 11 is 0. The summed E-state index contributed by atoms with van der Waals surface area (Å²) in [5, 5.41) is 28.8. The lowest BCUT2D eigenvalue weighted by Crippen LogP contribution is -2.47. The van der Waals surface area contributed by atoms with Gasteiger partial charge in [-0.2, -0.15) is 0 Å². The van der Waals surface area contributed by atoms with E-state index in [0.717, 1.165) is 79.4 Å². The maximum Gasteiger partial charge on any atom is 0.338 e. The van der Waals surface area contributed by atoms with Crippen LogP contribution in [0.4, 0.5) is 0 Å². The molecule has 0 amide bonds. The van der Waals surface area contributed by atoms with Crippen molar-refractivity contribution in [2.24, 2.45) is 11.8 Å². The Labute approximate surface area is 466 Å². The van der Waals surface area contributed by atoms with Gasteiger partial charge >= 0.3 is 11.9 Å². The summed E-state index contributed by atoms with van der Waals surface area (Å²) < 4.78 is 10.2. The first kappa shape index (κ1) is 59.7. The van der Waals surface area contributed by atoms with Crippen LogP contribution in [0.5, 0.6) is 0 Å². The number of aryl methyl sites for hydroxylation is 1. The number of benzene rings is 6. The fourth-order valence-electron chi connectivity index (χ4n) is 11.6. The van der Waals surface area contributed by atoms with Gasteiger partial charge in [-0.25, -0.2) is 4.79 Å². The van der Waals surface area contributed by atoms with Crippen molar-refractivity contribution in [3.8, 4) is 22.3 Å². The molecule has 0 aromatic heterocycles. The Bertz CT molecular complexity index is 2790. The Balaban J connectivity index is 0.000000226. The van der Waals surface area contributed by atoms with E-state index in [1.165, 1.54) is 33.4 Å². The smallest absolute Gasteiger partial charge is 0.338 e. The van der Waals surface area contributed by atoms with E-state index in [9.17, 15) is 19.8 Å². The molecule has 0 saturated carbocycles. The van der Waals surface area contributed by atoms with E-state index in [-0.39, 0.29) is 23.0 Å². The third-order valence-electron chi connectivity index (χ3n) is 15.2. The van der Waals surface area contributed by atoms with Gasteiger partial charge in [-0.3, -0.25) is 14.6 Å². The molecule has 0 radical (unpaired) electrons. The summed E-state index contributed by atoms with van der Waals surface area (Å²) in [6, 6.07) is 50.5. The Morgan fingerprint density at radius 1 is 0.538 bits per heavy atom.